The van der Waals surface area contributed by atoms with Crippen LogP contribution in [0.4, 0.5) is 0 Å². The SMILES string of the molecule is Cc1cc(C)c2[nH]cc(C3CC3)c2c1. The highest BCUT2D eigenvalue weighted by Crippen LogP contribution is 2.43. The molecule has 1 aliphatic carbocycles. The van der Waals surface area contributed by atoms with Crippen LogP contribution in [-0.2, 0) is 0 Å². The Hall–Kier alpha value is -1.24. The fraction of sp³-hybridized carbons (Fsp3) is 0.385. The van der Waals surface area contributed by atoms with Gasteiger partial charge in [-0.3, -0.25) is 0 Å². The van der Waals surface area contributed by atoms with E-state index in [-0.39, 0.29) is 0 Å². The standard InChI is InChI=1S/C13H15N/c1-8-5-9(2)13-11(6-8)12(7-14-13)10-3-4-10/h5-7,10,14H,3-4H2,1-2H3. The second-order valence-electron chi connectivity index (χ2n) is 4.52. The number of H-pyrrole nitrogens is 1. The van der Waals surface area contributed by atoms with E-state index in [0.717, 1.165) is 5.92 Å². The number of aromatic amines is 1. The van der Waals surface area contributed by atoms with Gasteiger partial charge in [0.2, 0.25) is 0 Å². The number of nitrogens with one attached hydrogen (secondary N) is 1. The molecule has 1 aromatic heterocycles. The van der Waals surface area contributed by atoms with Crippen molar-refractivity contribution < 1.29 is 0 Å². The molecule has 1 nitrogen and oxygen atoms in total. The number of hydrogen-bond acceptors (Lipinski definition) is 0. The van der Waals surface area contributed by atoms with Crippen molar-refractivity contribution in [3.63, 3.8) is 0 Å². The first-order chi connectivity index (χ1) is 6.75. The van der Waals surface area contributed by atoms with Crippen LogP contribution in [0.3, 0.4) is 0 Å². The maximum Gasteiger partial charge on any atom is 0.0486 e. The fourth-order valence-electron chi connectivity index (χ4n) is 2.35. The molecule has 72 valence electrons. The quantitative estimate of drug-likeness (QED) is 0.697. The molecule has 14 heavy (non-hydrogen) atoms. The number of benzene rings is 1. The monoisotopic (exact) mass is 185 g/mol. The predicted octanol–water partition coefficient (Wildman–Crippen LogP) is 3.66. The van der Waals surface area contributed by atoms with E-state index in [1.807, 2.05) is 0 Å². The Bertz CT molecular complexity index is 489. The lowest BCUT2D eigenvalue weighted by Crippen LogP contribution is -1.81. The average Bonchev–Trinajstić information content (AvgIpc) is 2.87. The zero-order valence-corrected chi connectivity index (χ0v) is 8.72. The molecule has 1 aromatic carbocycles. The fourth-order valence-corrected chi connectivity index (χ4v) is 2.35. The smallest absolute Gasteiger partial charge is 0.0486 e. The van der Waals surface area contributed by atoms with Gasteiger partial charge in [0.05, 0.1) is 0 Å². The van der Waals surface area contributed by atoms with Crippen LogP contribution in [0.1, 0.15) is 35.4 Å². The zero-order chi connectivity index (χ0) is 9.71. The van der Waals surface area contributed by atoms with Crippen LogP contribution in [0.5, 0.6) is 0 Å². The molecule has 1 heterocycles. The molecular weight excluding hydrogens is 170 g/mol. The van der Waals surface area contributed by atoms with Gasteiger partial charge in [-0.1, -0.05) is 11.6 Å². The summed E-state index contributed by atoms with van der Waals surface area (Å²) in [5.74, 6) is 0.838. The van der Waals surface area contributed by atoms with Crippen molar-refractivity contribution in [2.24, 2.45) is 0 Å². The predicted molar refractivity (Wildman–Crippen MR) is 59.7 cm³/mol. The van der Waals surface area contributed by atoms with Gasteiger partial charge in [0.25, 0.3) is 0 Å². The molecule has 0 saturated heterocycles. The molecule has 0 bridgehead atoms. The lowest BCUT2D eigenvalue weighted by Gasteiger charge is -2.00. The van der Waals surface area contributed by atoms with E-state index in [2.05, 4.69) is 37.2 Å². The third kappa shape index (κ3) is 1.08. The first-order valence-corrected chi connectivity index (χ1v) is 5.34. The molecule has 3 rings (SSSR count). The Balaban J connectivity index is 2.33. The molecule has 0 atom stereocenters. The summed E-state index contributed by atoms with van der Waals surface area (Å²) >= 11 is 0. The maximum atomic E-state index is 3.40. The van der Waals surface area contributed by atoms with Gasteiger partial charge in [0, 0.05) is 17.1 Å². The number of aromatic nitrogens is 1. The first-order valence-electron chi connectivity index (χ1n) is 5.34. The highest BCUT2D eigenvalue weighted by atomic mass is 14.7. The van der Waals surface area contributed by atoms with Crippen molar-refractivity contribution in [2.45, 2.75) is 32.6 Å². The van der Waals surface area contributed by atoms with Crippen LogP contribution < -0.4 is 0 Å². The van der Waals surface area contributed by atoms with E-state index < -0.39 is 0 Å². The van der Waals surface area contributed by atoms with Crippen molar-refractivity contribution in [1.29, 1.82) is 0 Å². The largest absolute Gasteiger partial charge is 0.361 e. The lowest BCUT2D eigenvalue weighted by molar-refractivity contribution is 1.15. The van der Waals surface area contributed by atoms with E-state index in [9.17, 15) is 0 Å². The van der Waals surface area contributed by atoms with Crippen LogP contribution in [0.15, 0.2) is 18.3 Å². The van der Waals surface area contributed by atoms with Gasteiger partial charge in [-0.05, 0) is 49.8 Å². The summed E-state index contributed by atoms with van der Waals surface area (Å²) in [6.07, 6.45) is 4.95. The van der Waals surface area contributed by atoms with Crippen molar-refractivity contribution in [1.82, 2.24) is 4.98 Å². The summed E-state index contributed by atoms with van der Waals surface area (Å²) in [7, 11) is 0. The van der Waals surface area contributed by atoms with Crippen molar-refractivity contribution >= 4 is 10.9 Å². The van der Waals surface area contributed by atoms with Crippen molar-refractivity contribution in [3.8, 4) is 0 Å². The van der Waals surface area contributed by atoms with Crippen molar-refractivity contribution in [3.05, 3.63) is 35.0 Å². The molecule has 0 spiro atoms. The molecule has 0 unspecified atom stereocenters. The lowest BCUT2D eigenvalue weighted by atomic mass is 10.0. The van der Waals surface area contributed by atoms with Gasteiger partial charge in [-0.15, -0.1) is 0 Å². The Labute approximate surface area is 84.1 Å². The highest BCUT2D eigenvalue weighted by molar-refractivity contribution is 5.87. The third-order valence-corrected chi connectivity index (χ3v) is 3.18. The number of rotatable bonds is 1. The van der Waals surface area contributed by atoms with Gasteiger partial charge >= 0.3 is 0 Å². The minimum Gasteiger partial charge on any atom is -0.361 e. The summed E-state index contributed by atoms with van der Waals surface area (Å²) < 4.78 is 0. The number of hydrogen-bond donors (Lipinski definition) is 1. The van der Waals surface area contributed by atoms with E-state index >= 15 is 0 Å². The van der Waals surface area contributed by atoms with Crippen LogP contribution in [0, 0.1) is 13.8 Å². The van der Waals surface area contributed by atoms with Gasteiger partial charge in [-0.25, -0.2) is 0 Å². The molecule has 0 radical (unpaired) electrons. The average molecular weight is 185 g/mol. The molecule has 1 aliphatic rings. The van der Waals surface area contributed by atoms with Gasteiger partial charge in [0.1, 0.15) is 0 Å². The Morgan fingerprint density at radius 1 is 1.21 bits per heavy atom. The van der Waals surface area contributed by atoms with Crippen LogP contribution in [0.2, 0.25) is 0 Å². The number of fused-ring (bicyclic) bond motifs is 1. The van der Waals surface area contributed by atoms with Gasteiger partial charge < -0.3 is 4.98 Å². The van der Waals surface area contributed by atoms with Gasteiger partial charge in [-0.2, -0.15) is 0 Å². The van der Waals surface area contributed by atoms with Gasteiger partial charge in [0.15, 0.2) is 0 Å². The normalized spacial score (nSPS) is 16.4. The second-order valence-corrected chi connectivity index (χ2v) is 4.52. The molecule has 1 heteroatoms. The minimum atomic E-state index is 0.838. The van der Waals surface area contributed by atoms with Crippen LogP contribution in [-0.4, -0.2) is 4.98 Å². The topological polar surface area (TPSA) is 15.8 Å². The summed E-state index contributed by atoms with van der Waals surface area (Å²) in [4.78, 5) is 3.40. The van der Waals surface area contributed by atoms with Crippen LogP contribution >= 0.6 is 0 Å². The highest BCUT2D eigenvalue weighted by Gasteiger charge is 2.26. The molecule has 1 N–H and O–H groups in total. The second kappa shape index (κ2) is 2.63. The van der Waals surface area contributed by atoms with E-state index in [0.29, 0.717) is 0 Å². The molecule has 2 aromatic rings. The summed E-state index contributed by atoms with van der Waals surface area (Å²) in [6.45, 7) is 4.36. The van der Waals surface area contributed by atoms with E-state index in [1.165, 1.54) is 40.4 Å². The van der Waals surface area contributed by atoms with Crippen molar-refractivity contribution in [2.75, 3.05) is 0 Å². The molecule has 1 saturated carbocycles. The molecule has 0 amide bonds. The van der Waals surface area contributed by atoms with E-state index in [4.69, 9.17) is 0 Å². The zero-order valence-electron chi connectivity index (χ0n) is 8.72. The van der Waals surface area contributed by atoms with E-state index in [1.54, 1.807) is 0 Å². The third-order valence-electron chi connectivity index (χ3n) is 3.18. The summed E-state index contributed by atoms with van der Waals surface area (Å²) in [6, 6.07) is 4.56. The number of aryl methyl sites for hydroxylation is 2. The summed E-state index contributed by atoms with van der Waals surface area (Å²) in [5, 5.41) is 1.45. The Morgan fingerprint density at radius 3 is 2.71 bits per heavy atom. The first kappa shape index (κ1) is 8.10. The minimum absolute atomic E-state index is 0.838. The Morgan fingerprint density at radius 2 is 2.00 bits per heavy atom. The Kier molecular flexibility index (Phi) is 1.52. The molecule has 1 fully saturated rings. The molecular formula is C13H15N. The summed E-state index contributed by atoms with van der Waals surface area (Å²) in [5.41, 5.74) is 5.60. The maximum absolute atomic E-state index is 3.40. The molecule has 0 aliphatic heterocycles. The van der Waals surface area contributed by atoms with Crippen LogP contribution in [0.25, 0.3) is 10.9 Å².